The van der Waals surface area contributed by atoms with Crippen molar-refractivity contribution in [3.05, 3.63) is 35.9 Å². The van der Waals surface area contributed by atoms with E-state index in [1.807, 2.05) is 0 Å². The second-order valence-electron chi connectivity index (χ2n) is 5.86. The monoisotopic (exact) mass is 232 g/mol. The van der Waals surface area contributed by atoms with Crippen LogP contribution in [-0.2, 0) is 0 Å². The van der Waals surface area contributed by atoms with Gasteiger partial charge in [-0.15, -0.1) is 0 Å². The smallest absolute Gasteiger partial charge is 0.0470 e. The van der Waals surface area contributed by atoms with Crippen LogP contribution >= 0.6 is 0 Å². The molecule has 1 aromatic carbocycles. The van der Waals surface area contributed by atoms with Crippen molar-refractivity contribution in [2.75, 3.05) is 19.6 Å². The van der Waals surface area contributed by atoms with Gasteiger partial charge in [-0.05, 0) is 36.9 Å². The van der Waals surface area contributed by atoms with E-state index in [4.69, 9.17) is 5.73 Å². The number of benzene rings is 1. The van der Waals surface area contributed by atoms with E-state index in [1.165, 1.54) is 31.5 Å². The Morgan fingerprint density at radius 3 is 2.29 bits per heavy atom. The lowest BCUT2D eigenvalue weighted by atomic mass is 9.82. The van der Waals surface area contributed by atoms with Crippen LogP contribution in [0.15, 0.2) is 30.3 Å². The van der Waals surface area contributed by atoms with E-state index in [2.05, 4.69) is 49.1 Å². The Morgan fingerprint density at radius 2 is 1.76 bits per heavy atom. The van der Waals surface area contributed by atoms with Crippen LogP contribution in [0.1, 0.15) is 38.3 Å². The molecule has 17 heavy (non-hydrogen) atoms. The molecular weight excluding hydrogens is 208 g/mol. The summed E-state index contributed by atoms with van der Waals surface area (Å²) < 4.78 is 0. The minimum Gasteiger partial charge on any atom is -0.329 e. The van der Waals surface area contributed by atoms with Gasteiger partial charge in [0, 0.05) is 12.6 Å². The number of likely N-dealkylation sites (tertiary alicyclic amines) is 1. The van der Waals surface area contributed by atoms with E-state index >= 15 is 0 Å². The third-order valence-electron chi connectivity index (χ3n) is 4.00. The van der Waals surface area contributed by atoms with Gasteiger partial charge in [0.25, 0.3) is 0 Å². The highest BCUT2D eigenvalue weighted by Crippen LogP contribution is 2.33. The maximum absolute atomic E-state index is 5.96. The summed E-state index contributed by atoms with van der Waals surface area (Å²) in [5.74, 6) is 0. The summed E-state index contributed by atoms with van der Waals surface area (Å²) in [4.78, 5) is 2.54. The van der Waals surface area contributed by atoms with Crippen molar-refractivity contribution in [1.82, 2.24) is 4.90 Å². The molecule has 0 spiro atoms. The average molecular weight is 232 g/mol. The number of hydrogen-bond donors (Lipinski definition) is 1. The lowest BCUT2D eigenvalue weighted by molar-refractivity contribution is 0.0964. The molecule has 0 aliphatic carbocycles. The summed E-state index contributed by atoms with van der Waals surface area (Å²) in [5.41, 5.74) is 7.82. The van der Waals surface area contributed by atoms with Gasteiger partial charge in [0.05, 0.1) is 0 Å². The molecular formula is C15H24N2. The molecule has 2 rings (SSSR count). The van der Waals surface area contributed by atoms with Crippen LogP contribution in [0, 0.1) is 5.41 Å². The van der Waals surface area contributed by atoms with Crippen molar-refractivity contribution in [2.45, 2.75) is 32.7 Å². The molecule has 0 bridgehead atoms. The van der Waals surface area contributed by atoms with Gasteiger partial charge in [0.15, 0.2) is 0 Å². The van der Waals surface area contributed by atoms with Gasteiger partial charge in [-0.25, -0.2) is 0 Å². The molecule has 1 fully saturated rings. The Kier molecular flexibility index (Phi) is 3.85. The van der Waals surface area contributed by atoms with E-state index in [-0.39, 0.29) is 0 Å². The largest absolute Gasteiger partial charge is 0.329 e. The molecule has 2 N–H and O–H groups in total. The van der Waals surface area contributed by atoms with Crippen LogP contribution in [0.25, 0.3) is 0 Å². The van der Waals surface area contributed by atoms with Crippen LogP contribution in [0.2, 0.25) is 0 Å². The van der Waals surface area contributed by atoms with Gasteiger partial charge in [-0.3, -0.25) is 4.90 Å². The number of nitrogens with two attached hydrogens (primary N) is 1. The zero-order valence-electron chi connectivity index (χ0n) is 11.0. The fourth-order valence-electron chi connectivity index (χ4n) is 2.61. The second kappa shape index (κ2) is 5.19. The summed E-state index contributed by atoms with van der Waals surface area (Å²) in [6, 6.07) is 11.1. The number of hydrogen-bond acceptors (Lipinski definition) is 2. The van der Waals surface area contributed by atoms with Gasteiger partial charge in [-0.2, -0.15) is 0 Å². The van der Waals surface area contributed by atoms with Gasteiger partial charge in [0.1, 0.15) is 0 Å². The molecule has 1 aromatic rings. The quantitative estimate of drug-likeness (QED) is 0.868. The first-order valence-electron chi connectivity index (χ1n) is 6.61. The third-order valence-corrected chi connectivity index (χ3v) is 4.00. The number of piperidine rings is 1. The minimum absolute atomic E-state index is 0.396. The molecule has 1 unspecified atom stereocenters. The summed E-state index contributed by atoms with van der Waals surface area (Å²) in [6.45, 7) is 7.78. The first-order valence-corrected chi connectivity index (χ1v) is 6.61. The molecule has 1 aliphatic heterocycles. The molecule has 0 amide bonds. The van der Waals surface area contributed by atoms with Crippen molar-refractivity contribution >= 4 is 0 Å². The topological polar surface area (TPSA) is 29.3 Å². The van der Waals surface area contributed by atoms with Gasteiger partial charge in [-0.1, -0.05) is 44.2 Å². The highest BCUT2D eigenvalue weighted by Gasteiger charge is 2.29. The van der Waals surface area contributed by atoms with Crippen molar-refractivity contribution in [1.29, 1.82) is 0 Å². The molecule has 1 heterocycles. The molecule has 0 aromatic heterocycles. The van der Waals surface area contributed by atoms with Gasteiger partial charge in [0.2, 0.25) is 0 Å². The van der Waals surface area contributed by atoms with Crippen molar-refractivity contribution < 1.29 is 0 Å². The van der Waals surface area contributed by atoms with Crippen LogP contribution in [0.5, 0.6) is 0 Å². The lowest BCUT2D eigenvalue weighted by Gasteiger charge is -2.41. The Morgan fingerprint density at radius 1 is 1.18 bits per heavy atom. The van der Waals surface area contributed by atoms with Crippen LogP contribution < -0.4 is 5.73 Å². The Bertz CT molecular complexity index is 335. The fraction of sp³-hybridized carbons (Fsp3) is 0.600. The van der Waals surface area contributed by atoms with Gasteiger partial charge < -0.3 is 5.73 Å². The summed E-state index contributed by atoms with van der Waals surface area (Å²) in [6.07, 6.45) is 2.55. The number of rotatable bonds is 3. The van der Waals surface area contributed by atoms with Gasteiger partial charge >= 0.3 is 0 Å². The minimum atomic E-state index is 0.396. The van der Waals surface area contributed by atoms with Crippen LogP contribution in [0.3, 0.4) is 0 Å². The highest BCUT2D eigenvalue weighted by atomic mass is 15.2. The predicted molar refractivity (Wildman–Crippen MR) is 72.8 cm³/mol. The molecule has 2 nitrogen and oxygen atoms in total. The van der Waals surface area contributed by atoms with E-state index < -0.39 is 0 Å². The zero-order chi connectivity index (χ0) is 12.3. The summed E-state index contributed by atoms with van der Waals surface area (Å²) in [5, 5.41) is 0. The van der Waals surface area contributed by atoms with Crippen LogP contribution in [0.4, 0.5) is 0 Å². The molecule has 2 heteroatoms. The number of nitrogens with zero attached hydrogens (tertiary/aromatic N) is 1. The standard InChI is InChI=1S/C15H24N2/c1-15(2)8-10-17(11-9-15)14(12-16)13-6-4-3-5-7-13/h3-7,14H,8-12,16H2,1-2H3. The molecule has 1 saturated heterocycles. The molecule has 1 aliphatic rings. The molecule has 94 valence electrons. The van der Waals surface area contributed by atoms with Crippen molar-refractivity contribution in [3.63, 3.8) is 0 Å². The zero-order valence-corrected chi connectivity index (χ0v) is 11.0. The Labute approximate surface area is 105 Å². The first kappa shape index (κ1) is 12.6. The van der Waals surface area contributed by atoms with E-state index in [9.17, 15) is 0 Å². The van der Waals surface area contributed by atoms with Crippen molar-refractivity contribution in [2.24, 2.45) is 11.1 Å². The Balaban J connectivity index is 2.05. The maximum Gasteiger partial charge on any atom is 0.0470 e. The molecule has 1 atom stereocenters. The van der Waals surface area contributed by atoms with E-state index in [1.54, 1.807) is 0 Å². The maximum atomic E-state index is 5.96. The highest BCUT2D eigenvalue weighted by molar-refractivity contribution is 5.19. The summed E-state index contributed by atoms with van der Waals surface area (Å²) in [7, 11) is 0. The second-order valence-corrected chi connectivity index (χ2v) is 5.86. The SMILES string of the molecule is CC1(C)CCN(C(CN)c2ccccc2)CC1. The van der Waals surface area contributed by atoms with E-state index in [0.717, 1.165) is 0 Å². The predicted octanol–water partition coefficient (Wildman–Crippen LogP) is 2.81. The van der Waals surface area contributed by atoms with Crippen LogP contribution in [-0.4, -0.2) is 24.5 Å². The molecule has 0 saturated carbocycles. The lowest BCUT2D eigenvalue weighted by Crippen LogP contribution is -2.42. The van der Waals surface area contributed by atoms with E-state index in [0.29, 0.717) is 18.0 Å². The van der Waals surface area contributed by atoms with Crippen molar-refractivity contribution in [3.8, 4) is 0 Å². The Hall–Kier alpha value is -0.860. The third kappa shape index (κ3) is 3.08. The summed E-state index contributed by atoms with van der Waals surface area (Å²) >= 11 is 0. The average Bonchev–Trinajstić information content (AvgIpc) is 2.33. The first-order chi connectivity index (χ1) is 8.12. The molecule has 0 radical (unpaired) electrons. The fourth-order valence-corrected chi connectivity index (χ4v) is 2.61. The normalized spacial score (nSPS) is 22.3.